The zero-order valence-corrected chi connectivity index (χ0v) is 10.9. The molecule has 0 aliphatic heterocycles. The highest BCUT2D eigenvalue weighted by Gasteiger charge is 2.34. The Morgan fingerprint density at radius 3 is 2.24 bits per heavy atom. The number of benzene rings is 2. The fourth-order valence-corrected chi connectivity index (χ4v) is 1.93. The molecule has 1 nitrogen and oxygen atoms in total. The summed E-state index contributed by atoms with van der Waals surface area (Å²) in [5.41, 5.74) is -2.09. The monoisotopic (exact) mass is 320 g/mol. The van der Waals surface area contributed by atoms with E-state index in [1.54, 1.807) is 0 Å². The van der Waals surface area contributed by atoms with Crippen LogP contribution in [0.5, 0.6) is 0 Å². The van der Waals surface area contributed by atoms with Gasteiger partial charge in [0, 0.05) is 11.1 Å². The predicted octanol–water partition coefficient (Wildman–Crippen LogP) is 4.87. The maximum absolute atomic E-state index is 13.4. The van der Waals surface area contributed by atoms with Crippen molar-refractivity contribution in [3.63, 3.8) is 0 Å². The summed E-state index contributed by atoms with van der Waals surface area (Å²) in [6, 6.07) is 5.16. The van der Waals surface area contributed by atoms with E-state index < -0.39 is 34.2 Å². The third kappa shape index (κ3) is 3.05. The molecule has 0 amide bonds. The Morgan fingerprint density at radius 1 is 1.00 bits per heavy atom. The van der Waals surface area contributed by atoms with Gasteiger partial charge in [-0.25, -0.2) is 8.78 Å². The summed E-state index contributed by atoms with van der Waals surface area (Å²) < 4.78 is 63.9. The third-order valence-electron chi connectivity index (χ3n) is 2.73. The van der Waals surface area contributed by atoms with Crippen LogP contribution >= 0.6 is 11.6 Å². The van der Waals surface area contributed by atoms with E-state index in [4.69, 9.17) is 11.6 Å². The van der Waals surface area contributed by atoms with Crippen molar-refractivity contribution in [3.8, 4) is 0 Å². The number of alkyl halides is 3. The molecule has 0 saturated carbocycles. The lowest BCUT2D eigenvalue weighted by atomic mass is 10.0. The van der Waals surface area contributed by atoms with Gasteiger partial charge in [-0.1, -0.05) is 23.7 Å². The minimum Gasteiger partial charge on any atom is -0.289 e. The first-order valence-electron chi connectivity index (χ1n) is 5.57. The van der Waals surface area contributed by atoms with E-state index in [1.807, 2.05) is 0 Å². The Morgan fingerprint density at radius 2 is 1.67 bits per heavy atom. The van der Waals surface area contributed by atoms with Crippen molar-refractivity contribution in [2.75, 3.05) is 0 Å². The summed E-state index contributed by atoms with van der Waals surface area (Å²) in [4.78, 5) is 12.0. The zero-order valence-electron chi connectivity index (χ0n) is 10.1. The summed E-state index contributed by atoms with van der Waals surface area (Å²) in [5.74, 6) is -3.30. The molecule has 0 atom stereocenters. The molecule has 2 aromatic carbocycles. The minimum atomic E-state index is -4.86. The Bertz CT molecular complexity index is 709. The molecule has 7 heteroatoms. The standard InChI is InChI=1S/C14H6ClF5O/c15-12-8(2-1-3-10(12)16)13(21)7-4-5-9(11(17)6-7)14(18,19)20/h1-6H. The van der Waals surface area contributed by atoms with Gasteiger partial charge in [-0.2, -0.15) is 13.2 Å². The fourth-order valence-electron chi connectivity index (χ4n) is 1.72. The molecule has 0 spiro atoms. The predicted molar refractivity (Wildman–Crippen MR) is 66.2 cm³/mol. The molecule has 0 aliphatic rings. The van der Waals surface area contributed by atoms with Gasteiger partial charge in [-0.05, 0) is 24.3 Å². The number of hydrogen-bond donors (Lipinski definition) is 0. The summed E-state index contributed by atoms with van der Waals surface area (Å²) in [6.07, 6.45) is -4.86. The van der Waals surface area contributed by atoms with Gasteiger partial charge < -0.3 is 0 Å². The molecule has 21 heavy (non-hydrogen) atoms. The van der Waals surface area contributed by atoms with Gasteiger partial charge in [0.25, 0.3) is 0 Å². The highest BCUT2D eigenvalue weighted by atomic mass is 35.5. The van der Waals surface area contributed by atoms with Crippen LogP contribution < -0.4 is 0 Å². The maximum Gasteiger partial charge on any atom is 0.419 e. The lowest BCUT2D eigenvalue weighted by Gasteiger charge is -2.09. The lowest BCUT2D eigenvalue weighted by Crippen LogP contribution is -2.10. The zero-order chi connectivity index (χ0) is 15.8. The summed E-state index contributed by atoms with van der Waals surface area (Å²) in [7, 11) is 0. The van der Waals surface area contributed by atoms with Crippen molar-refractivity contribution in [1.29, 1.82) is 0 Å². The molecule has 0 aliphatic carbocycles. The average molecular weight is 321 g/mol. The van der Waals surface area contributed by atoms with Gasteiger partial charge in [-0.15, -0.1) is 0 Å². The van der Waals surface area contributed by atoms with Crippen molar-refractivity contribution in [3.05, 3.63) is 69.7 Å². The molecule has 0 saturated heterocycles. The lowest BCUT2D eigenvalue weighted by molar-refractivity contribution is -0.140. The van der Waals surface area contributed by atoms with Crippen LogP contribution in [0.1, 0.15) is 21.5 Å². The summed E-state index contributed by atoms with van der Waals surface area (Å²) in [6.45, 7) is 0. The molecule has 0 heterocycles. The maximum atomic E-state index is 13.4. The van der Waals surface area contributed by atoms with Gasteiger partial charge >= 0.3 is 6.18 Å². The van der Waals surface area contributed by atoms with Gasteiger partial charge in [0.1, 0.15) is 11.6 Å². The molecule has 2 aromatic rings. The molecule has 0 bridgehead atoms. The van der Waals surface area contributed by atoms with Crippen LogP contribution in [0.25, 0.3) is 0 Å². The highest BCUT2D eigenvalue weighted by Crippen LogP contribution is 2.32. The van der Waals surface area contributed by atoms with E-state index in [9.17, 15) is 26.7 Å². The molecular formula is C14H6ClF5O. The topological polar surface area (TPSA) is 17.1 Å². The van der Waals surface area contributed by atoms with Crippen molar-refractivity contribution in [2.24, 2.45) is 0 Å². The van der Waals surface area contributed by atoms with Crippen molar-refractivity contribution in [2.45, 2.75) is 6.18 Å². The van der Waals surface area contributed by atoms with Crippen LogP contribution in [0, 0.1) is 11.6 Å². The number of halogens is 6. The third-order valence-corrected chi connectivity index (χ3v) is 3.12. The van der Waals surface area contributed by atoms with Crippen LogP contribution in [-0.2, 0) is 6.18 Å². The van der Waals surface area contributed by atoms with Crippen LogP contribution in [0.4, 0.5) is 22.0 Å². The molecule has 0 aromatic heterocycles. The Kier molecular flexibility index (Phi) is 4.00. The summed E-state index contributed by atoms with van der Waals surface area (Å²) in [5, 5.41) is -0.470. The first-order chi connectivity index (χ1) is 9.71. The van der Waals surface area contributed by atoms with E-state index in [0.29, 0.717) is 12.1 Å². The number of ketones is 1. The number of carbonyl (C=O) groups excluding carboxylic acids is 1. The Hall–Kier alpha value is -1.95. The van der Waals surface area contributed by atoms with Crippen LogP contribution in [0.15, 0.2) is 36.4 Å². The normalized spacial score (nSPS) is 11.5. The highest BCUT2D eigenvalue weighted by molar-refractivity contribution is 6.35. The second kappa shape index (κ2) is 5.44. The van der Waals surface area contributed by atoms with Crippen molar-refractivity contribution < 1.29 is 26.7 Å². The Balaban J connectivity index is 2.46. The second-order valence-electron chi connectivity index (χ2n) is 4.12. The summed E-state index contributed by atoms with van der Waals surface area (Å²) >= 11 is 5.61. The van der Waals surface area contributed by atoms with E-state index in [2.05, 4.69) is 0 Å². The van der Waals surface area contributed by atoms with E-state index in [-0.39, 0.29) is 11.1 Å². The van der Waals surface area contributed by atoms with Gasteiger partial charge in [0.05, 0.1) is 10.6 Å². The van der Waals surface area contributed by atoms with E-state index in [1.165, 1.54) is 12.1 Å². The molecular weight excluding hydrogens is 315 g/mol. The van der Waals surface area contributed by atoms with Crippen molar-refractivity contribution >= 4 is 17.4 Å². The largest absolute Gasteiger partial charge is 0.419 e. The fraction of sp³-hybridized carbons (Fsp3) is 0.0714. The SMILES string of the molecule is O=C(c1ccc(C(F)(F)F)c(F)c1)c1cccc(F)c1Cl. The molecule has 0 radical (unpaired) electrons. The second-order valence-corrected chi connectivity index (χ2v) is 4.50. The Labute approximate surface area is 121 Å². The molecule has 2 rings (SSSR count). The smallest absolute Gasteiger partial charge is 0.289 e. The number of rotatable bonds is 2. The number of carbonyl (C=O) groups is 1. The van der Waals surface area contributed by atoms with Gasteiger partial charge in [-0.3, -0.25) is 4.79 Å². The molecule has 0 unspecified atom stereocenters. The molecule has 110 valence electrons. The van der Waals surface area contributed by atoms with E-state index in [0.717, 1.165) is 12.1 Å². The van der Waals surface area contributed by atoms with Crippen LogP contribution in [0.2, 0.25) is 5.02 Å². The van der Waals surface area contributed by atoms with Gasteiger partial charge in [0.2, 0.25) is 0 Å². The first-order valence-corrected chi connectivity index (χ1v) is 5.95. The minimum absolute atomic E-state index is 0.254. The van der Waals surface area contributed by atoms with Crippen molar-refractivity contribution in [1.82, 2.24) is 0 Å². The van der Waals surface area contributed by atoms with Crippen LogP contribution in [-0.4, -0.2) is 5.78 Å². The number of hydrogen-bond acceptors (Lipinski definition) is 1. The average Bonchev–Trinajstić information content (AvgIpc) is 2.39. The van der Waals surface area contributed by atoms with E-state index >= 15 is 0 Å². The van der Waals surface area contributed by atoms with Crippen LogP contribution in [0.3, 0.4) is 0 Å². The first kappa shape index (κ1) is 15.4. The molecule has 0 N–H and O–H groups in total. The van der Waals surface area contributed by atoms with Gasteiger partial charge in [0.15, 0.2) is 5.78 Å². The quantitative estimate of drug-likeness (QED) is 0.570. The molecule has 0 fully saturated rings.